The lowest BCUT2D eigenvalue weighted by Crippen LogP contribution is -2.25. The predicted octanol–water partition coefficient (Wildman–Crippen LogP) is 11.7. The second-order valence-electron chi connectivity index (χ2n) is 26.2. The first-order valence-corrected chi connectivity index (χ1v) is 35.3. The molecule has 0 bridgehead atoms. The quantitative estimate of drug-likeness (QED) is 0.0213. The van der Waals surface area contributed by atoms with Gasteiger partial charge in [-0.25, -0.2) is 17.6 Å². The van der Waals surface area contributed by atoms with Gasteiger partial charge in [0.25, 0.3) is 0 Å². The summed E-state index contributed by atoms with van der Waals surface area (Å²) in [6.07, 6.45) is 9.41. The maximum absolute atomic E-state index is 14.1. The fraction of sp³-hybridized carbons (Fsp3) is 0.314. The smallest absolute Gasteiger partial charge is 0.235 e. The van der Waals surface area contributed by atoms with E-state index in [-0.39, 0.29) is 89.6 Å². The molecule has 0 radical (unpaired) electrons. The highest BCUT2D eigenvalue weighted by Crippen LogP contribution is 2.43. The van der Waals surface area contributed by atoms with Crippen molar-refractivity contribution in [1.29, 1.82) is 0 Å². The zero-order valence-corrected chi connectivity index (χ0v) is 60.1. The first-order chi connectivity index (χ1) is 52.7. The fourth-order valence-electron chi connectivity index (χ4n) is 11.3. The third kappa shape index (κ3) is 20.7. The van der Waals surface area contributed by atoms with Crippen molar-refractivity contribution < 1.29 is 27.4 Å². The molecule has 20 N–H and O–H groups in total. The number of anilines is 16. The van der Waals surface area contributed by atoms with Crippen LogP contribution in [0.3, 0.4) is 0 Å². The minimum atomic E-state index is -0.530. The standard InChI is InChI=1S/C18H20F2N8.C18H22N8O.C17H18ClFN8.C17H19FN8O/c1-9(12-7-11(19)5-6-13(12)20)28(2)18-24-16(21)23-17(25-18)22-15-8-14(26-27-15)10-3-4-10;1-27-10-14(11-5-3-2-4-6-11)20-17-22-16(19)23-18(24-17)21-15-9-13(25-26-15)12-7-8-12;1-8(11-5-4-10(19)6-12(11)18)21-16-23-15(20)24-17(25-16)22-14-7-13(26-27-14)9-2-3-9;18-11-5-3-10(4-6-11)13(8-27)20-16-22-15(19)23-17(24-16)21-14-7-12(25-26-14)9-1-2-9/h5-10H,3-4H2,1-2H3,(H4,21,22,23,24,25,26,27);2-6,9,12,14H,7-8,10H2,1H3,(H5,19,20,21,22,23,24,25,26);4-9H,2-3H2,1H3,(H5,20,21,22,23,24,25,26,27);3-7,9,13,27H,1-2,8H2,(H5,19,20,21,22,23,24,25,26). The Morgan fingerprint density at radius 2 is 0.844 bits per heavy atom. The Labute approximate surface area is 625 Å². The molecule has 566 valence electrons. The number of nitrogens with one attached hydrogen (secondary N) is 11. The second kappa shape index (κ2) is 33.8. The van der Waals surface area contributed by atoms with E-state index in [0.717, 1.165) is 59.4 Å². The van der Waals surface area contributed by atoms with Crippen molar-refractivity contribution in [3.8, 4) is 0 Å². The van der Waals surface area contributed by atoms with E-state index < -0.39 is 29.5 Å². The monoisotopic (exact) mass is 1510 g/mol. The normalized spacial score (nSPS) is 14.7. The van der Waals surface area contributed by atoms with E-state index in [1.54, 1.807) is 44.2 Å². The Morgan fingerprint density at radius 1 is 0.459 bits per heavy atom. The molecule has 0 saturated heterocycles. The number of aliphatic hydroxyl groups is 1. The number of H-pyrrole nitrogens is 4. The molecule has 4 aliphatic rings. The summed E-state index contributed by atoms with van der Waals surface area (Å²) in [6, 6.07) is 29.6. The van der Waals surface area contributed by atoms with Gasteiger partial charge in [0.1, 0.15) is 23.3 Å². The summed E-state index contributed by atoms with van der Waals surface area (Å²) in [5, 5.41) is 60.3. The minimum absolute atomic E-state index is 0.00390. The van der Waals surface area contributed by atoms with Crippen LogP contribution >= 0.6 is 11.6 Å². The predicted molar refractivity (Wildman–Crippen MR) is 403 cm³/mol. The zero-order chi connectivity index (χ0) is 76.2. The number of hydrogen-bond acceptors (Lipinski definition) is 30. The molecule has 109 heavy (non-hydrogen) atoms. The van der Waals surface area contributed by atoms with Gasteiger partial charge in [-0.05, 0) is 124 Å². The maximum Gasteiger partial charge on any atom is 0.235 e. The van der Waals surface area contributed by atoms with E-state index in [4.69, 9.17) is 39.3 Å². The van der Waals surface area contributed by atoms with Crippen LogP contribution in [0.2, 0.25) is 5.02 Å². The number of methoxy groups -OCH3 is 1. The van der Waals surface area contributed by atoms with Gasteiger partial charge in [0.15, 0.2) is 23.3 Å². The number of aliphatic hydroxyl groups excluding tert-OH is 1. The fourth-order valence-corrected chi connectivity index (χ4v) is 11.6. The highest BCUT2D eigenvalue weighted by atomic mass is 35.5. The molecule has 4 unspecified atom stereocenters. The maximum atomic E-state index is 14.1. The van der Waals surface area contributed by atoms with Crippen molar-refractivity contribution in [2.75, 3.05) is 92.4 Å². The van der Waals surface area contributed by atoms with Gasteiger partial charge < -0.3 is 74.9 Å². The Hall–Kier alpha value is -12.7. The summed E-state index contributed by atoms with van der Waals surface area (Å²) in [6.45, 7) is 3.81. The highest BCUT2D eigenvalue weighted by Gasteiger charge is 2.30. The number of hydrogen-bond donors (Lipinski definition) is 16. The van der Waals surface area contributed by atoms with Crippen LogP contribution in [0, 0.1) is 23.3 Å². The number of halogens is 5. The van der Waals surface area contributed by atoms with Crippen LogP contribution in [0.4, 0.5) is 112 Å². The molecule has 4 saturated carbocycles. The van der Waals surface area contributed by atoms with Crippen LogP contribution in [0.5, 0.6) is 0 Å². The lowest BCUT2D eigenvalue weighted by atomic mass is 10.1. The zero-order valence-electron chi connectivity index (χ0n) is 59.3. The molecule has 0 amide bonds. The molecule has 8 aromatic heterocycles. The van der Waals surface area contributed by atoms with E-state index in [0.29, 0.717) is 81.6 Å². The molecule has 8 heterocycles. The van der Waals surface area contributed by atoms with Crippen molar-refractivity contribution in [1.82, 2.24) is 101 Å². The highest BCUT2D eigenvalue weighted by molar-refractivity contribution is 6.31. The minimum Gasteiger partial charge on any atom is -0.394 e. The van der Waals surface area contributed by atoms with Crippen molar-refractivity contribution in [2.24, 2.45) is 0 Å². The van der Waals surface area contributed by atoms with Crippen LogP contribution in [-0.2, 0) is 4.74 Å². The average Bonchev–Trinajstić information content (AvgIpc) is 1.70. The first-order valence-electron chi connectivity index (χ1n) is 34.9. The molecular formula is C70H79ClF4N32O2. The summed E-state index contributed by atoms with van der Waals surface area (Å²) in [7, 11) is 3.33. The summed E-state index contributed by atoms with van der Waals surface area (Å²) in [4.78, 5) is 51.7. The van der Waals surface area contributed by atoms with Crippen molar-refractivity contribution >= 4 is 106 Å². The molecule has 39 heteroatoms. The van der Waals surface area contributed by atoms with Gasteiger partial charge in [-0.1, -0.05) is 60.1 Å². The van der Waals surface area contributed by atoms with Gasteiger partial charge in [-0.3, -0.25) is 20.4 Å². The van der Waals surface area contributed by atoms with Crippen molar-refractivity contribution in [3.63, 3.8) is 0 Å². The number of nitrogens with two attached hydrogens (primary N) is 4. The third-order valence-corrected chi connectivity index (χ3v) is 18.0. The summed E-state index contributed by atoms with van der Waals surface area (Å²) in [5.74, 6) is 5.23. The Kier molecular flexibility index (Phi) is 23.1. The Bertz CT molecular complexity index is 5040. The molecule has 4 atom stereocenters. The van der Waals surface area contributed by atoms with Gasteiger partial charge in [-0.2, -0.15) is 80.2 Å². The van der Waals surface area contributed by atoms with E-state index in [2.05, 4.69) is 138 Å². The largest absolute Gasteiger partial charge is 0.394 e. The first kappa shape index (κ1) is 74.6. The number of aromatic nitrogens is 20. The number of rotatable bonds is 27. The Morgan fingerprint density at radius 3 is 1.28 bits per heavy atom. The molecular weight excluding hydrogens is 1430 g/mol. The molecule has 4 aliphatic carbocycles. The molecule has 0 spiro atoms. The molecule has 4 fully saturated rings. The van der Waals surface area contributed by atoms with Gasteiger partial charge in [0.2, 0.25) is 71.4 Å². The van der Waals surface area contributed by atoms with Gasteiger partial charge in [-0.15, -0.1) is 0 Å². The van der Waals surface area contributed by atoms with Crippen LogP contribution in [-0.4, -0.2) is 133 Å². The van der Waals surface area contributed by atoms with Crippen LogP contribution < -0.4 is 65.1 Å². The lowest BCUT2D eigenvalue weighted by molar-refractivity contribution is 0.186. The average molecular weight is 1510 g/mol. The van der Waals surface area contributed by atoms with Crippen molar-refractivity contribution in [2.45, 2.75) is 113 Å². The number of nitrogens with zero attached hydrogens (tertiary/aromatic N) is 17. The molecule has 0 aliphatic heterocycles. The number of benzene rings is 4. The number of aromatic amines is 4. The van der Waals surface area contributed by atoms with E-state index in [9.17, 15) is 22.7 Å². The van der Waals surface area contributed by atoms with E-state index in [1.807, 2.05) is 61.5 Å². The van der Waals surface area contributed by atoms with Crippen LogP contribution in [0.1, 0.15) is 158 Å². The lowest BCUT2D eigenvalue weighted by Gasteiger charge is -2.25. The van der Waals surface area contributed by atoms with Crippen LogP contribution in [0.15, 0.2) is 115 Å². The van der Waals surface area contributed by atoms with Gasteiger partial charge >= 0.3 is 0 Å². The van der Waals surface area contributed by atoms with Crippen molar-refractivity contribution in [3.05, 3.63) is 189 Å². The van der Waals surface area contributed by atoms with Gasteiger partial charge in [0, 0.05) is 95.5 Å². The topological polar surface area (TPSA) is 490 Å². The Balaban J connectivity index is 0.000000128. The second-order valence-corrected chi connectivity index (χ2v) is 26.7. The summed E-state index contributed by atoms with van der Waals surface area (Å²) in [5.41, 5.74) is 30.3. The SMILES string of the molecule is CC(Nc1nc(N)nc(Nc2cc(C3CC3)[nH]n2)n1)c1ccc(F)cc1Cl.CC(c1cc(F)ccc1F)N(C)c1nc(N)nc(Nc2cc(C3CC3)[nH]n2)n1.COCC(Nc1nc(N)nc(Nc2cc(C3CC3)[nH]n2)n1)c1ccccc1.Nc1nc(Nc2cc(C3CC3)[nH]n2)nc(NC(CO)c2ccc(F)cc2)n1. The summed E-state index contributed by atoms with van der Waals surface area (Å²) < 4.78 is 59.3. The molecule has 12 aromatic rings. The number of nitrogen functional groups attached to an aromatic ring is 4. The molecule has 34 nitrogen and oxygen atoms in total. The van der Waals surface area contributed by atoms with Crippen LogP contribution in [0.25, 0.3) is 0 Å². The summed E-state index contributed by atoms with van der Waals surface area (Å²) >= 11 is 6.11. The van der Waals surface area contributed by atoms with E-state index >= 15 is 0 Å². The number of ether oxygens (including phenoxy) is 1. The van der Waals surface area contributed by atoms with E-state index in [1.165, 1.54) is 62.8 Å². The molecule has 4 aromatic carbocycles. The third-order valence-electron chi connectivity index (χ3n) is 17.7. The van der Waals surface area contributed by atoms with Gasteiger partial charge in [0.05, 0.1) is 37.4 Å². The molecule has 16 rings (SSSR count).